The molecule has 0 fully saturated rings. The number of rotatable bonds is 6. The van der Waals surface area contributed by atoms with Crippen molar-refractivity contribution in [1.29, 1.82) is 0 Å². The minimum absolute atomic E-state index is 0.227. The molecule has 1 atom stereocenters. The maximum absolute atomic E-state index is 6.54. The van der Waals surface area contributed by atoms with E-state index in [0.717, 1.165) is 50.1 Å². The molecule has 7 rings (SSSR count). The summed E-state index contributed by atoms with van der Waals surface area (Å²) in [6.07, 6.45) is 1.64. The second-order valence-electron chi connectivity index (χ2n) is 10.1. The van der Waals surface area contributed by atoms with Crippen LogP contribution in [0.25, 0.3) is 16.4 Å². The second-order valence-corrected chi connectivity index (χ2v) is 10.1. The molecule has 0 saturated carbocycles. The minimum Gasteiger partial charge on any atom is -0.493 e. The number of nitrogens with zero attached hydrogens (tertiary/aromatic N) is 4. The Morgan fingerprint density at radius 3 is 2.49 bits per heavy atom. The smallest absolute Gasteiger partial charge is 0.228 e. The monoisotopic (exact) mass is 544 g/mol. The number of fused-ring (bicyclic) bond motifs is 6. The van der Waals surface area contributed by atoms with E-state index in [1.54, 1.807) is 25.1 Å². The molecule has 2 aromatic heterocycles. The molecule has 0 aliphatic carbocycles. The summed E-state index contributed by atoms with van der Waals surface area (Å²) in [5, 5.41) is 6.82. The normalized spacial score (nSPS) is 13.9. The van der Waals surface area contributed by atoms with Crippen molar-refractivity contribution in [3.05, 3.63) is 113 Å². The predicted octanol–water partition coefficient (Wildman–Crippen LogP) is 6.78. The van der Waals surface area contributed by atoms with Crippen molar-refractivity contribution in [2.45, 2.75) is 26.4 Å². The lowest BCUT2D eigenvalue weighted by atomic mass is 9.82. The Kier molecular flexibility index (Phi) is 5.96. The van der Waals surface area contributed by atoms with E-state index in [4.69, 9.17) is 34.0 Å². The summed E-state index contributed by atoms with van der Waals surface area (Å²) in [6.45, 7) is 4.29. The molecule has 3 heterocycles. The molecule has 8 nitrogen and oxygen atoms in total. The highest BCUT2D eigenvalue weighted by Gasteiger charge is 2.35. The fourth-order valence-corrected chi connectivity index (χ4v) is 5.69. The van der Waals surface area contributed by atoms with Gasteiger partial charge in [-0.2, -0.15) is 0 Å². The number of aromatic nitrogens is 4. The Hall–Kier alpha value is -5.11. The SMILES string of the molecule is COc1ccc(C2c3ccc4ccccc4c3Oc3ncn4nc(COc5c(C)cccc5C)nc4c32)cc1OC. The maximum atomic E-state index is 6.54. The summed E-state index contributed by atoms with van der Waals surface area (Å²) in [5.74, 6) is 3.74. The van der Waals surface area contributed by atoms with E-state index in [-0.39, 0.29) is 12.5 Å². The molecule has 6 aromatic rings. The standard InChI is InChI=1S/C33H28N4O4/c1-19-8-7-9-20(2)30(19)40-17-27-35-32-29-28(22-13-15-25(38-3)26(16-22)39-4)24-14-12-21-10-5-6-11-23(21)31(24)41-33(29)34-18-37(32)36-27/h5-16,18,28H,17H2,1-4H3. The van der Waals surface area contributed by atoms with Crippen molar-refractivity contribution in [3.8, 4) is 28.9 Å². The van der Waals surface area contributed by atoms with Crippen molar-refractivity contribution in [1.82, 2.24) is 19.6 Å². The van der Waals surface area contributed by atoms with Gasteiger partial charge in [0.15, 0.2) is 23.0 Å². The van der Waals surface area contributed by atoms with Gasteiger partial charge in [-0.25, -0.2) is 14.5 Å². The van der Waals surface area contributed by atoms with Gasteiger partial charge in [0.25, 0.3) is 0 Å². The van der Waals surface area contributed by atoms with Gasteiger partial charge in [-0.15, -0.1) is 5.10 Å². The fourth-order valence-electron chi connectivity index (χ4n) is 5.69. The molecule has 0 spiro atoms. The van der Waals surface area contributed by atoms with Gasteiger partial charge in [0, 0.05) is 16.9 Å². The van der Waals surface area contributed by atoms with E-state index in [2.05, 4.69) is 24.3 Å². The van der Waals surface area contributed by atoms with Gasteiger partial charge in [0.05, 0.1) is 19.8 Å². The second kappa shape index (κ2) is 9.82. The van der Waals surface area contributed by atoms with Gasteiger partial charge < -0.3 is 18.9 Å². The molecule has 0 radical (unpaired) electrons. The highest BCUT2D eigenvalue weighted by molar-refractivity contribution is 5.91. The van der Waals surface area contributed by atoms with Gasteiger partial charge in [0.2, 0.25) is 5.88 Å². The molecule has 0 saturated heterocycles. The van der Waals surface area contributed by atoms with Gasteiger partial charge in [-0.3, -0.25) is 0 Å². The van der Waals surface area contributed by atoms with Crippen LogP contribution >= 0.6 is 0 Å². The first kappa shape index (κ1) is 24.9. The molecule has 1 aliphatic heterocycles. The van der Waals surface area contributed by atoms with E-state index in [1.807, 2.05) is 62.4 Å². The third-order valence-electron chi connectivity index (χ3n) is 7.63. The van der Waals surface area contributed by atoms with E-state index >= 15 is 0 Å². The molecule has 0 N–H and O–H groups in total. The van der Waals surface area contributed by atoms with Crippen LogP contribution < -0.4 is 18.9 Å². The molecule has 1 aliphatic rings. The molecular weight excluding hydrogens is 516 g/mol. The number of methoxy groups -OCH3 is 2. The molecule has 8 heteroatoms. The summed E-state index contributed by atoms with van der Waals surface area (Å²) in [6, 6.07) is 24.5. The Morgan fingerprint density at radius 2 is 1.68 bits per heavy atom. The lowest BCUT2D eigenvalue weighted by Gasteiger charge is -2.29. The molecule has 0 amide bonds. The van der Waals surface area contributed by atoms with E-state index in [0.29, 0.717) is 28.9 Å². The van der Waals surface area contributed by atoms with Crippen molar-refractivity contribution >= 4 is 16.4 Å². The highest BCUT2D eigenvalue weighted by Crippen LogP contribution is 2.51. The Bertz CT molecular complexity index is 1930. The quantitative estimate of drug-likeness (QED) is 0.228. The zero-order valence-corrected chi connectivity index (χ0v) is 23.2. The third kappa shape index (κ3) is 4.10. The number of aryl methyl sites for hydroxylation is 2. The van der Waals surface area contributed by atoms with Crippen LogP contribution in [0.15, 0.2) is 79.1 Å². The van der Waals surface area contributed by atoms with Crippen LogP contribution in [0.2, 0.25) is 0 Å². The number of benzene rings is 4. The summed E-state index contributed by atoms with van der Waals surface area (Å²) in [5.41, 5.74) is 5.63. The van der Waals surface area contributed by atoms with Gasteiger partial charge >= 0.3 is 0 Å². The van der Waals surface area contributed by atoms with Crippen LogP contribution in [-0.4, -0.2) is 33.8 Å². The molecule has 4 aromatic carbocycles. The van der Waals surface area contributed by atoms with Crippen LogP contribution in [0.5, 0.6) is 28.9 Å². The summed E-state index contributed by atoms with van der Waals surface area (Å²) >= 11 is 0. The van der Waals surface area contributed by atoms with Crippen LogP contribution in [0.4, 0.5) is 0 Å². The van der Waals surface area contributed by atoms with Crippen molar-refractivity contribution in [2.24, 2.45) is 0 Å². The van der Waals surface area contributed by atoms with E-state index in [9.17, 15) is 0 Å². The molecular formula is C33H28N4O4. The molecule has 41 heavy (non-hydrogen) atoms. The minimum atomic E-state index is -0.244. The fraction of sp³-hybridized carbons (Fsp3) is 0.182. The van der Waals surface area contributed by atoms with Crippen LogP contribution in [-0.2, 0) is 6.61 Å². The number of hydrogen-bond acceptors (Lipinski definition) is 7. The summed E-state index contributed by atoms with van der Waals surface area (Å²) < 4.78 is 25.6. The maximum Gasteiger partial charge on any atom is 0.228 e. The number of hydrogen-bond donors (Lipinski definition) is 0. The van der Waals surface area contributed by atoms with Crippen LogP contribution in [0.1, 0.15) is 39.6 Å². The first-order valence-electron chi connectivity index (χ1n) is 13.4. The van der Waals surface area contributed by atoms with Crippen LogP contribution in [0.3, 0.4) is 0 Å². The van der Waals surface area contributed by atoms with E-state index in [1.165, 1.54) is 0 Å². The van der Waals surface area contributed by atoms with Gasteiger partial charge in [-0.05, 0) is 48.1 Å². The number of ether oxygens (including phenoxy) is 4. The lowest BCUT2D eigenvalue weighted by Crippen LogP contribution is -2.15. The van der Waals surface area contributed by atoms with Crippen molar-refractivity contribution in [2.75, 3.05) is 14.2 Å². The summed E-state index contributed by atoms with van der Waals surface area (Å²) in [4.78, 5) is 9.65. The van der Waals surface area contributed by atoms with Gasteiger partial charge in [-0.1, -0.05) is 60.7 Å². The average molecular weight is 545 g/mol. The third-order valence-corrected chi connectivity index (χ3v) is 7.63. The zero-order chi connectivity index (χ0) is 28.1. The predicted molar refractivity (Wildman–Crippen MR) is 156 cm³/mol. The van der Waals surface area contributed by atoms with E-state index < -0.39 is 0 Å². The average Bonchev–Trinajstić information content (AvgIpc) is 3.42. The van der Waals surface area contributed by atoms with Gasteiger partial charge in [0.1, 0.15) is 24.4 Å². The highest BCUT2D eigenvalue weighted by atomic mass is 16.5. The topological polar surface area (TPSA) is 80.0 Å². The molecule has 1 unspecified atom stereocenters. The summed E-state index contributed by atoms with van der Waals surface area (Å²) in [7, 11) is 3.27. The molecule has 0 bridgehead atoms. The largest absolute Gasteiger partial charge is 0.493 e. The van der Waals surface area contributed by atoms with Crippen molar-refractivity contribution < 1.29 is 18.9 Å². The first-order chi connectivity index (χ1) is 20.1. The lowest BCUT2D eigenvalue weighted by molar-refractivity contribution is 0.292. The Balaban J connectivity index is 1.39. The zero-order valence-electron chi connectivity index (χ0n) is 23.2. The van der Waals surface area contributed by atoms with Crippen molar-refractivity contribution in [3.63, 3.8) is 0 Å². The molecule has 204 valence electrons. The first-order valence-corrected chi connectivity index (χ1v) is 13.4. The Labute approximate surface area is 237 Å². The Morgan fingerprint density at radius 1 is 0.878 bits per heavy atom. The van der Waals surface area contributed by atoms with Crippen LogP contribution in [0, 0.1) is 13.8 Å². The number of para-hydroxylation sites is 1.